The van der Waals surface area contributed by atoms with Gasteiger partial charge < -0.3 is 9.84 Å². The van der Waals surface area contributed by atoms with E-state index >= 15 is 0 Å². The molecule has 1 aliphatic heterocycles. The first-order valence-electron chi connectivity index (χ1n) is 5.76. The highest BCUT2D eigenvalue weighted by Gasteiger charge is 2.29. The Kier molecular flexibility index (Phi) is 3.66. The summed E-state index contributed by atoms with van der Waals surface area (Å²) >= 11 is 0. The molecule has 0 saturated carbocycles. The maximum Gasteiger partial charge on any atom is 0.414 e. The van der Waals surface area contributed by atoms with Gasteiger partial charge in [-0.3, -0.25) is 9.69 Å². The second-order valence-electron chi connectivity index (χ2n) is 4.31. The molecule has 1 atom stereocenters. The molecule has 1 aliphatic rings. The number of amides is 1. The number of cyclic esters (lactones) is 1. The molecule has 19 heavy (non-hydrogen) atoms. The number of nitrogens with zero attached hydrogens (tertiary/aromatic N) is 2. The lowest BCUT2D eigenvalue weighted by Gasteiger charge is -2.31. The molecule has 1 aromatic rings. The van der Waals surface area contributed by atoms with Crippen LogP contribution in [0, 0.1) is 17.2 Å². The smallest absolute Gasteiger partial charge is 0.414 e. The van der Waals surface area contributed by atoms with E-state index in [0.29, 0.717) is 11.3 Å². The van der Waals surface area contributed by atoms with E-state index in [1.165, 1.54) is 4.90 Å². The van der Waals surface area contributed by atoms with Gasteiger partial charge in [0.1, 0.15) is 0 Å². The number of hydrogen-bond donors (Lipinski definition) is 1. The van der Waals surface area contributed by atoms with Crippen LogP contribution < -0.4 is 4.90 Å². The minimum Gasteiger partial charge on any atom is -0.481 e. The molecule has 1 saturated heterocycles. The number of carbonyl (C=O) groups excluding carboxylic acids is 1. The largest absolute Gasteiger partial charge is 0.481 e. The Hall–Kier alpha value is -2.55. The van der Waals surface area contributed by atoms with Gasteiger partial charge in [0.15, 0.2) is 0 Å². The average molecular weight is 260 g/mol. The molecule has 6 nitrogen and oxygen atoms in total. The van der Waals surface area contributed by atoms with E-state index in [-0.39, 0.29) is 25.5 Å². The summed E-state index contributed by atoms with van der Waals surface area (Å²) < 4.78 is 4.97. The topological polar surface area (TPSA) is 90.6 Å². The van der Waals surface area contributed by atoms with Gasteiger partial charge in [0, 0.05) is 18.2 Å². The van der Waals surface area contributed by atoms with Gasteiger partial charge in [-0.05, 0) is 18.2 Å². The van der Waals surface area contributed by atoms with Crippen molar-refractivity contribution < 1.29 is 19.4 Å². The molecule has 1 unspecified atom stereocenters. The first kappa shape index (κ1) is 12.9. The first-order chi connectivity index (χ1) is 9.10. The van der Waals surface area contributed by atoms with E-state index in [9.17, 15) is 9.59 Å². The zero-order chi connectivity index (χ0) is 13.8. The molecule has 0 aromatic heterocycles. The Morgan fingerprint density at radius 3 is 3.05 bits per heavy atom. The normalized spacial score (nSPS) is 18.6. The molecule has 2 rings (SSSR count). The van der Waals surface area contributed by atoms with Crippen LogP contribution in [0.2, 0.25) is 0 Å². The lowest BCUT2D eigenvalue weighted by Crippen LogP contribution is -2.43. The molecule has 98 valence electrons. The SMILES string of the molecule is N#Cc1cccc(N2CC(CC(=O)O)COC2=O)c1. The number of anilines is 1. The molecule has 1 fully saturated rings. The number of carboxylic acid groups (broad SMARTS) is 1. The van der Waals surface area contributed by atoms with Crippen LogP contribution in [0.4, 0.5) is 10.5 Å². The molecule has 6 heteroatoms. The number of ether oxygens (including phenoxy) is 1. The van der Waals surface area contributed by atoms with Crippen molar-refractivity contribution in [3.05, 3.63) is 29.8 Å². The van der Waals surface area contributed by atoms with Gasteiger partial charge in [-0.25, -0.2) is 4.79 Å². The highest BCUT2D eigenvalue weighted by molar-refractivity contribution is 5.88. The predicted molar refractivity (Wildman–Crippen MR) is 65.6 cm³/mol. The summed E-state index contributed by atoms with van der Waals surface area (Å²) in [5.41, 5.74) is 0.977. The van der Waals surface area contributed by atoms with Gasteiger partial charge in [-0.15, -0.1) is 0 Å². The van der Waals surface area contributed by atoms with Crippen molar-refractivity contribution in [2.75, 3.05) is 18.1 Å². The lowest BCUT2D eigenvalue weighted by molar-refractivity contribution is -0.138. The number of carbonyl (C=O) groups is 2. The van der Waals surface area contributed by atoms with Crippen molar-refractivity contribution in [2.45, 2.75) is 6.42 Å². The molecule has 1 aromatic carbocycles. The van der Waals surface area contributed by atoms with Gasteiger partial charge in [0.05, 0.1) is 24.7 Å². The average Bonchev–Trinajstić information content (AvgIpc) is 2.40. The van der Waals surface area contributed by atoms with Crippen LogP contribution in [0.1, 0.15) is 12.0 Å². The van der Waals surface area contributed by atoms with Crippen molar-refractivity contribution >= 4 is 17.7 Å². The second-order valence-corrected chi connectivity index (χ2v) is 4.31. The van der Waals surface area contributed by atoms with Crippen LogP contribution in [0.25, 0.3) is 0 Å². The van der Waals surface area contributed by atoms with Crippen molar-refractivity contribution in [1.29, 1.82) is 5.26 Å². The van der Waals surface area contributed by atoms with Crippen LogP contribution in [0.15, 0.2) is 24.3 Å². The van der Waals surface area contributed by atoms with Crippen LogP contribution in [0.5, 0.6) is 0 Å². The summed E-state index contributed by atoms with van der Waals surface area (Å²) in [5, 5.41) is 17.6. The molecular weight excluding hydrogens is 248 g/mol. The van der Waals surface area contributed by atoms with Crippen molar-refractivity contribution in [3.63, 3.8) is 0 Å². The lowest BCUT2D eigenvalue weighted by atomic mass is 10.0. The summed E-state index contributed by atoms with van der Waals surface area (Å²) in [5.74, 6) is -1.17. The van der Waals surface area contributed by atoms with E-state index in [4.69, 9.17) is 15.1 Å². The summed E-state index contributed by atoms with van der Waals surface area (Å²) in [6.45, 7) is 0.388. The Morgan fingerprint density at radius 2 is 2.37 bits per heavy atom. The highest BCUT2D eigenvalue weighted by Crippen LogP contribution is 2.23. The molecule has 1 N–H and O–H groups in total. The van der Waals surface area contributed by atoms with Crippen molar-refractivity contribution in [2.24, 2.45) is 5.92 Å². The van der Waals surface area contributed by atoms with Gasteiger partial charge in [0.25, 0.3) is 0 Å². The summed E-state index contributed by atoms with van der Waals surface area (Å²) in [6, 6.07) is 8.55. The zero-order valence-corrected chi connectivity index (χ0v) is 10.1. The van der Waals surface area contributed by atoms with E-state index in [2.05, 4.69) is 0 Å². The quantitative estimate of drug-likeness (QED) is 0.891. The predicted octanol–water partition coefficient (Wildman–Crippen LogP) is 1.61. The molecule has 1 heterocycles. The van der Waals surface area contributed by atoms with Crippen molar-refractivity contribution in [3.8, 4) is 6.07 Å². The Bertz CT molecular complexity index is 550. The van der Waals surface area contributed by atoms with E-state index < -0.39 is 12.1 Å². The highest BCUT2D eigenvalue weighted by atomic mass is 16.6. The third kappa shape index (κ3) is 3.01. The molecule has 1 amide bonds. The number of hydrogen-bond acceptors (Lipinski definition) is 4. The maximum absolute atomic E-state index is 11.7. The number of benzene rings is 1. The summed E-state index contributed by atoms with van der Waals surface area (Å²) in [4.78, 5) is 23.7. The molecule has 0 spiro atoms. The van der Waals surface area contributed by atoms with E-state index in [1.807, 2.05) is 6.07 Å². The van der Waals surface area contributed by atoms with Crippen LogP contribution in [-0.4, -0.2) is 30.3 Å². The number of aliphatic carboxylic acids is 1. The maximum atomic E-state index is 11.7. The van der Waals surface area contributed by atoms with Gasteiger partial charge in [-0.1, -0.05) is 6.07 Å². The number of carboxylic acids is 1. The fraction of sp³-hybridized carbons (Fsp3) is 0.308. The molecule has 0 bridgehead atoms. The minimum atomic E-state index is -0.923. The minimum absolute atomic E-state index is 0.0538. The first-order valence-corrected chi connectivity index (χ1v) is 5.76. The fourth-order valence-corrected chi connectivity index (χ4v) is 1.98. The molecule has 0 radical (unpaired) electrons. The standard InChI is InChI=1S/C13H12N2O4/c14-6-9-2-1-3-11(4-9)15-7-10(5-12(16)17)8-19-13(15)18/h1-4,10H,5,7-8H2,(H,16,17). The second kappa shape index (κ2) is 5.40. The number of nitriles is 1. The van der Waals surface area contributed by atoms with Crippen LogP contribution in [-0.2, 0) is 9.53 Å². The zero-order valence-electron chi connectivity index (χ0n) is 10.1. The molecule has 0 aliphatic carbocycles. The van der Waals surface area contributed by atoms with Crippen LogP contribution in [0.3, 0.4) is 0 Å². The third-order valence-corrected chi connectivity index (χ3v) is 2.85. The Morgan fingerprint density at radius 1 is 1.58 bits per heavy atom. The van der Waals surface area contributed by atoms with Gasteiger partial charge in [-0.2, -0.15) is 5.26 Å². The van der Waals surface area contributed by atoms with Crippen molar-refractivity contribution in [1.82, 2.24) is 0 Å². The van der Waals surface area contributed by atoms with Gasteiger partial charge >= 0.3 is 12.1 Å². The molecular formula is C13H12N2O4. The Balaban J connectivity index is 2.19. The summed E-state index contributed by atoms with van der Waals surface area (Å²) in [6.07, 6.45) is -0.571. The van der Waals surface area contributed by atoms with Crippen LogP contribution >= 0.6 is 0 Å². The number of rotatable bonds is 3. The van der Waals surface area contributed by atoms with E-state index in [0.717, 1.165) is 0 Å². The summed E-state index contributed by atoms with van der Waals surface area (Å²) in [7, 11) is 0. The third-order valence-electron chi connectivity index (χ3n) is 2.85. The monoisotopic (exact) mass is 260 g/mol. The van der Waals surface area contributed by atoms with E-state index in [1.54, 1.807) is 24.3 Å². The van der Waals surface area contributed by atoms with Gasteiger partial charge in [0.2, 0.25) is 0 Å². The Labute approximate surface area is 109 Å². The fourth-order valence-electron chi connectivity index (χ4n) is 1.98.